The maximum atomic E-state index is 12.9. The topological polar surface area (TPSA) is 89.8 Å². The minimum atomic E-state index is -0.853. The van der Waals surface area contributed by atoms with Crippen molar-refractivity contribution in [1.82, 2.24) is 0 Å². The number of nitro benzene ring substituents is 1. The molecule has 2 amide bonds. The number of halogens is 1. The molecule has 2 saturated heterocycles. The first kappa shape index (κ1) is 15.3. The standard InChI is InChI=1S/C16H13ClN2O5/c1-15-5-6-16(2,24-15)12-11(15)13(20)18(14(12)21)10-7-8(19(22)23)3-4-9(10)17/h3-7,11-12H,1-2H3/t11-,12+,15-,16-/m0/s1. The maximum Gasteiger partial charge on any atom is 0.271 e. The predicted octanol–water partition coefficient (Wildman–Crippen LogP) is 2.47. The summed E-state index contributed by atoms with van der Waals surface area (Å²) in [5.74, 6) is -2.20. The third kappa shape index (κ3) is 1.71. The highest BCUT2D eigenvalue weighted by atomic mass is 35.5. The van der Waals surface area contributed by atoms with Gasteiger partial charge in [0.05, 0.1) is 38.7 Å². The summed E-state index contributed by atoms with van der Waals surface area (Å²) in [6.07, 6.45) is 3.61. The lowest BCUT2D eigenvalue weighted by Gasteiger charge is -2.25. The Morgan fingerprint density at radius 2 is 1.71 bits per heavy atom. The van der Waals surface area contributed by atoms with Crippen LogP contribution in [0.1, 0.15) is 13.8 Å². The summed E-state index contributed by atoms with van der Waals surface area (Å²) in [5, 5.41) is 11.1. The lowest BCUT2D eigenvalue weighted by Crippen LogP contribution is -2.39. The minimum Gasteiger partial charge on any atom is -0.359 e. The van der Waals surface area contributed by atoms with Crippen molar-refractivity contribution in [2.24, 2.45) is 11.8 Å². The van der Waals surface area contributed by atoms with Crippen LogP contribution in [0.3, 0.4) is 0 Å². The van der Waals surface area contributed by atoms with E-state index in [2.05, 4.69) is 0 Å². The van der Waals surface area contributed by atoms with E-state index in [1.165, 1.54) is 12.1 Å². The number of rotatable bonds is 2. The first-order chi connectivity index (χ1) is 11.2. The van der Waals surface area contributed by atoms with E-state index in [9.17, 15) is 19.7 Å². The fourth-order valence-corrected chi connectivity index (χ4v) is 4.26. The van der Waals surface area contributed by atoms with Gasteiger partial charge in [0.25, 0.3) is 5.69 Å². The van der Waals surface area contributed by atoms with Gasteiger partial charge in [0.15, 0.2) is 0 Å². The van der Waals surface area contributed by atoms with Gasteiger partial charge in [-0.2, -0.15) is 0 Å². The van der Waals surface area contributed by atoms with Gasteiger partial charge in [0, 0.05) is 12.1 Å². The van der Waals surface area contributed by atoms with Crippen molar-refractivity contribution in [3.63, 3.8) is 0 Å². The van der Waals surface area contributed by atoms with E-state index in [4.69, 9.17) is 16.3 Å². The van der Waals surface area contributed by atoms with Crippen LogP contribution in [0, 0.1) is 22.0 Å². The van der Waals surface area contributed by atoms with E-state index in [1.807, 2.05) is 0 Å². The van der Waals surface area contributed by atoms with Crippen LogP contribution in [-0.4, -0.2) is 27.9 Å². The molecule has 3 heterocycles. The van der Waals surface area contributed by atoms with E-state index >= 15 is 0 Å². The summed E-state index contributed by atoms with van der Waals surface area (Å²) in [6.45, 7) is 3.53. The van der Waals surface area contributed by atoms with Crippen LogP contribution in [0.15, 0.2) is 30.4 Å². The van der Waals surface area contributed by atoms with Gasteiger partial charge in [-0.3, -0.25) is 19.7 Å². The molecule has 0 N–H and O–H groups in total. The average molecular weight is 349 g/mol. The Morgan fingerprint density at radius 3 is 2.21 bits per heavy atom. The minimum absolute atomic E-state index is 0.0434. The van der Waals surface area contributed by atoms with Gasteiger partial charge in [-0.05, 0) is 19.9 Å². The first-order valence-electron chi connectivity index (χ1n) is 7.40. The van der Waals surface area contributed by atoms with Crippen LogP contribution >= 0.6 is 11.6 Å². The van der Waals surface area contributed by atoms with Gasteiger partial charge in [-0.1, -0.05) is 23.8 Å². The Balaban J connectivity index is 1.83. The second-order valence-electron chi connectivity index (χ2n) is 6.66. The van der Waals surface area contributed by atoms with E-state index in [0.717, 1.165) is 11.0 Å². The molecule has 3 aliphatic rings. The fourth-order valence-electron chi connectivity index (χ4n) is 4.05. The lowest BCUT2D eigenvalue weighted by atomic mass is 9.73. The van der Waals surface area contributed by atoms with E-state index in [1.54, 1.807) is 26.0 Å². The number of amides is 2. The zero-order valence-electron chi connectivity index (χ0n) is 12.9. The van der Waals surface area contributed by atoms with Gasteiger partial charge < -0.3 is 4.74 Å². The largest absolute Gasteiger partial charge is 0.359 e. The van der Waals surface area contributed by atoms with Crippen molar-refractivity contribution < 1.29 is 19.2 Å². The van der Waals surface area contributed by atoms with Gasteiger partial charge in [-0.15, -0.1) is 0 Å². The molecule has 2 bridgehead atoms. The van der Waals surface area contributed by atoms with Crippen molar-refractivity contribution in [2.45, 2.75) is 25.0 Å². The normalized spacial score (nSPS) is 36.5. The molecule has 24 heavy (non-hydrogen) atoms. The molecule has 0 saturated carbocycles. The Hall–Kier alpha value is -2.25. The third-order valence-electron chi connectivity index (χ3n) is 5.11. The lowest BCUT2D eigenvalue weighted by molar-refractivity contribution is -0.384. The van der Waals surface area contributed by atoms with E-state index in [0.29, 0.717) is 0 Å². The van der Waals surface area contributed by atoms with Gasteiger partial charge in [0.1, 0.15) is 0 Å². The molecular formula is C16H13ClN2O5. The molecule has 4 atom stereocenters. The summed E-state index contributed by atoms with van der Waals surface area (Å²) < 4.78 is 5.91. The molecular weight excluding hydrogens is 336 g/mol. The summed E-state index contributed by atoms with van der Waals surface area (Å²) in [6, 6.07) is 3.70. The highest BCUT2D eigenvalue weighted by Crippen LogP contribution is 2.57. The zero-order chi connectivity index (χ0) is 17.4. The van der Waals surface area contributed by atoms with Crippen molar-refractivity contribution in [2.75, 3.05) is 4.90 Å². The SMILES string of the molecule is C[C@@]12C=C[C@](C)(O1)[C@H]1C(=O)N(c3cc([N+](=O)[O-])ccc3Cl)C(=O)[C@H]12. The molecule has 8 heteroatoms. The summed E-state index contributed by atoms with van der Waals surface area (Å²) >= 11 is 6.11. The first-order valence-corrected chi connectivity index (χ1v) is 7.78. The molecule has 0 unspecified atom stereocenters. The molecule has 0 radical (unpaired) electrons. The van der Waals surface area contributed by atoms with Gasteiger partial charge >= 0.3 is 0 Å². The van der Waals surface area contributed by atoms with Crippen LogP contribution in [-0.2, 0) is 14.3 Å². The summed E-state index contributed by atoms with van der Waals surface area (Å²) in [5.41, 5.74) is -1.90. The second kappa shape index (κ2) is 4.43. The number of hydrogen-bond donors (Lipinski definition) is 0. The number of fused-ring (bicyclic) bond motifs is 5. The molecule has 0 spiro atoms. The molecule has 124 valence electrons. The number of hydrogen-bond acceptors (Lipinski definition) is 5. The van der Waals surface area contributed by atoms with E-state index in [-0.39, 0.29) is 16.4 Å². The van der Waals surface area contributed by atoms with Gasteiger partial charge in [0.2, 0.25) is 11.8 Å². The van der Waals surface area contributed by atoms with Crippen molar-refractivity contribution >= 4 is 34.8 Å². The smallest absolute Gasteiger partial charge is 0.271 e. The Bertz CT molecular complexity index is 817. The Kier molecular flexibility index (Phi) is 2.82. The van der Waals surface area contributed by atoms with Crippen LogP contribution < -0.4 is 4.90 Å². The summed E-state index contributed by atoms with van der Waals surface area (Å²) in [4.78, 5) is 37.2. The molecule has 2 fully saturated rings. The summed E-state index contributed by atoms with van der Waals surface area (Å²) in [7, 11) is 0. The third-order valence-corrected chi connectivity index (χ3v) is 5.43. The second-order valence-corrected chi connectivity index (χ2v) is 7.07. The molecule has 3 aliphatic heterocycles. The number of carbonyl (C=O) groups excluding carboxylic acids is 2. The highest BCUT2D eigenvalue weighted by Gasteiger charge is 2.70. The number of ether oxygens (including phenoxy) is 1. The number of anilines is 1. The fraction of sp³-hybridized carbons (Fsp3) is 0.375. The predicted molar refractivity (Wildman–Crippen MR) is 84.6 cm³/mol. The number of carbonyl (C=O) groups is 2. The molecule has 0 aromatic heterocycles. The van der Waals surface area contributed by atoms with Crippen LogP contribution in [0.5, 0.6) is 0 Å². The Labute approximate surface area is 142 Å². The van der Waals surface area contributed by atoms with Crippen LogP contribution in [0.4, 0.5) is 11.4 Å². The number of non-ortho nitro benzene ring substituents is 1. The molecule has 4 rings (SSSR count). The molecule has 1 aromatic carbocycles. The quantitative estimate of drug-likeness (QED) is 0.354. The van der Waals surface area contributed by atoms with Gasteiger partial charge in [-0.25, -0.2) is 4.90 Å². The Morgan fingerprint density at radius 1 is 1.17 bits per heavy atom. The molecule has 1 aromatic rings. The zero-order valence-corrected chi connectivity index (χ0v) is 13.6. The van der Waals surface area contributed by atoms with E-state index < -0.39 is 39.8 Å². The monoisotopic (exact) mass is 348 g/mol. The van der Waals surface area contributed by atoms with Crippen LogP contribution in [0.2, 0.25) is 5.02 Å². The van der Waals surface area contributed by atoms with Crippen LogP contribution in [0.25, 0.3) is 0 Å². The molecule has 7 nitrogen and oxygen atoms in total. The average Bonchev–Trinajstić information content (AvgIpc) is 3.05. The number of nitrogens with zero attached hydrogens (tertiary/aromatic N) is 2. The maximum absolute atomic E-state index is 12.9. The number of imide groups is 1. The number of nitro groups is 1. The van der Waals surface area contributed by atoms with Crippen molar-refractivity contribution in [3.05, 3.63) is 45.5 Å². The number of benzene rings is 1. The highest BCUT2D eigenvalue weighted by molar-refractivity contribution is 6.36. The van der Waals surface area contributed by atoms with Crippen molar-refractivity contribution in [3.8, 4) is 0 Å². The van der Waals surface area contributed by atoms with Crippen molar-refractivity contribution in [1.29, 1.82) is 0 Å². The molecule has 0 aliphatic carbocycles.